The SMILES string of the molecule is CCCCOP(=O)([O-])OCCCC.[Zn]. The van der Waals surface area contributed by atoms with Gasteiger partial charge in [0.05, 0.1) is 13.2 Å². The van der Waals surface area contributed by atoms with Crippen LogP contribution in [0.4, 0.5) is 0 Å². The third-order valence-electron chi connectivity index (χ3n) is 1.49. The van der Waals surface area contributed by atoms with Gasteiger partial charge in [-0.15, -0.1) is 0 Å². The molecule has 0 unspecified atom stereocenters. The van der Waals surface area contributed by atoms with Crippen molar-refractivity contribution in [2.24, 2.45) is 0 Å². The van der Waals surface area contributed by atoms with Gasteiger partial charge < -0.3 is 13.9 Å². The molecule has 0 heterocycles. The van der Waals surface area contributed by atoms with E-state index in [2.05, 4.69) is 9.05 Å². The van der Waals surface area contributed by atoms with Gasteiger partial charge in [-0.25, -0.2) is 0 Å². The van der Waals surface area contributed by atoms with Gasteiger partial charge in [0.1, 0.15) is 0 Å². The molecule has 0 aliphatic heterocycles. The molecular weight excluding hydrogens is 256 g/mol. The van der Waals surface area contributed by atoms with E-state index in [1.807, 2.05) is 13.8 Å². The van der Waals surface area contributed by atoms with Crippen molar-refractivity contribution in [3.8, 4) is 0 Å². The van der Waals surface area contributed by atoms with E-state index in [1.54, 1.807) is 0 Å². The minimum absolute atomic E-state index is 0. The van der Waals surface area contributed by atoms with Crippen LogP contribution in [0.25, 0.3) is 0 Å². The molecule has 82 valence electrons. The number of rotatable bonds is 8. The van der Waals surface area contributed by atoms with Gasteiger partial charge in [0, 0.05) is 19.5 Å². The molecule has 6 heteroatoms. The average molecular weight is 275 g/mol. The molecule has 0 atom stereocenters. The van der Waals surface area contributed by atoms with Crippen molar-refractivity contribution in [2.75, 3.05) is 13.2 Å². The molecule has 0 N–H and O–H groups in total. The molecule has 4 nitrogen and oxygen atoms in total. The first-order chi connectivity index (χ1) is 6.12. The molecule has 0 radical (unpaired) electrons. The minimum atomic E-state index is -4.00. The summed E-state index contributed by atoms with van der Waals surface area (Å²) in [5, 5.41) is 0. The molecule has 0 aliphatic rings. The maximum atomic E-state index is 11.0. The minimum Gasteiger partial charge on any atom is -0.756 e. The zero-order valence-corrected chi connectivity index (χ0v) is 12.9. The normalized spacial score (nSPS) is 11.1. The Kier molecular flexibility index (Phi) is 12.6. The second-order valence-electron chi connectivity index (χ2n) is 2.82. The van der Waals surface area contributed by atoms with E-state index in [4.69, 9.17) is 0 Å². The fourth-order valence-electron chi connectivity index (χ4n) is 0.679. The van der Waals surface area contributed by atoms with Crippen molar-refractivity contribution >= 4 is 7.82 Å². The van der Waals surface area contributed by atoms with E-state index >= 15 is 0 Å². The largest absolute Gasteiger partial charge is 0.756 e. The van der Waals surface area contributed by atoms with Crippen LogP contribution in [0.5, 0.6) is 0 Å². The van der Waals surface area contributed by atoms with E-state index in [-0.39, 0.29) is 32.7 Å². The first-order valence-corrected chi connectivity index (χ1v) is 6.18. The fraction of sp³-hybridized carbons (Fsp3) is 1.00. The van der Waals surface area contributed by atoms with E-state index in [9.17, 15) is 9.46 Å². The summed E-state index contributed by atoms with van der Waals surface area (Å²) in [5.74, 6) is 0. The first-order valence-electron chi connectivity index (χ1n) is 4.72. The van der Waals surface area contributed by atoms with Crippen molar-refractivity contribution < 1.29 is 38.0 Å². The van der Waals surface area contributed by atoms with Crippen LogP contribution in [0.15, 0.2) is 0 Å². The number of phosphoric ester groups is 1. The summed E-state index contributed by atoms with van der Waals surface area (Å²) in [7, 11) is -4.00. The summed E-state index contributed by atoms with van der Waals surface area (Å²) >= 11 is 0. The molecule has 0 rings (SSSR count). The Morgan fingerprint density at radius 2 is 1.43 bits per heavy atom. The van der Waals surface area contributed by atoms with Gasteiger partial charge in [-0.05, 0) is 12.8 Å². The van der Waals surface area contributed by atoms with Gasteiger partial charge >= 0.3 is 0 Å². The second-order valence-corrected chi connectivity index (χ2v) is 4.23. The number of phosphoric acid groups is 1. The Labute approximate surface area is 98.7 Å². The Morgan fingerprint density at radius 3 is 1.71 bits per heavy atom. The summed E-state index contributed by atoms with van der Waals surface area (Å²) in [6, 6.07) is 0. The Balaban J connectivity index is 0. The first kappa shape index (κ1) is 17.1. The molecule has 0 saturated heterocycles. The Bertz CT molecular complexity index is 151. The molecule has 0 aromatic carbocycles. The Morgan fingerprint density at radius 1 is 1.07 bits per heavy atom. The van der Waals surface area contributed by atoms with E-state index in [0.29, 0.717) is 0 Å². The van der Waals surface area contributed by atoms with Crippen molar-refractivity contribution in [3.63, 3.8) is 0 Å². The van der Waals surface area contributed by atoms with Crippen LogP contribution in [0.1, 0.15) is 39.5 Å². The molecule has 0 spiro atoms. The molecule has 0 aliphatic carbocycles. The van der Waals surface area contributed by atoms with Gasteiger partial charge in [-0.2, -0.15) is 0 Å². The van der Waals surface area contributed by atoms with Crippen LogP contribution in [0, 0.1) is 0 Å². The predicted octanol–water partition coefficient (Wildman–Crippen LogP) is 2.09. The van der Waals surface area contributed by atoms with Gasteiger partial charge in [0.2, 0.25) is 0 Å². The van der Waals surface area contributed by atoms with Gasteiger partial charge in [-0.3, -0.25) is 4.57 Å². The van der Waals surface area contributed by atoms with Gasteiger partial charge in [0.25, 0.3) is 7.82 Å². The second kappa shape index (κ2) is 10.3. The average Bonchev–Trinajstić information content (AvgIpc) is 2.05. The molecular formula is C8H18O4PZn-. The zero-order chi connectivity index (χ0) is 10.2. The maximum Gasteiger partial charge on any atom is 0.267 e. The van der Waals surface area contributed by atoms with Crippen LogP contribution < -0.4 is 4.89 Å². The van der Waals surface area contributed by atoms with Crippen molar-refractivity contribution in [1.82, 2.24) is 0 Å². The maximum absolute atomic E-state index is 11.0. The van der Waals surface area contributed by atoms with E-state index in [0.717, 1.165) is 25.7 Å². The molecule has 0 aromatic rings. The smallest absolute Gasteiger partial charge is 0.267 e. The summed E-state index contributed by atoms with van der Waals surface area (Å²) in [6.45, 7) is 4.39. The summed E-state index contributed by atoms with van der Waals surface area (Å²) < 4.78 is 20.2. The van der Waals surface area contributed by atoms with E-state index in [1.165, 1.54) is 0 Å². The van der Waals surface area contributed by atoms with Crippen molar-refractivity contribution in [1.29, 1.82) is 0 Å². The summed E-state index contributed by atoms with van der Waals surface area (Å²) in [4.78, 5) is 11.0. The van der Waals surface area contributed by atoms with Crippen LogP contribution in [0.2, 0.25) is 0 Å². The predicted molar refractivity (Wildman–Crippen MR) is 49.3 cm³/mol. The molecule has 0 aromatic heterocycles. The van der Waals surface area contributed by atoms with Crippen LogP contribution >= 0.6 is 7.82 Å². The standard InChI is InChI=1S/C8H19O4P.Zn/c1-3-5-7-11-13(9,10)12-8-6-4-2;/h3-8H2,1-2H3,(H,9,10);/p-1. The van der Waals surface area contributed by atoms with Crippen molar-refractivity contribution in [3.05, 3.63) is 0 Å². The molecule has 0 fully saturated rings. The number of unbranched alkanes of at least 4 members (excludes halogenated alkanes) is 2. The number of hydrogen-bond acceptors (Lipinski definition) is 4. The van der Waals surface area contributed by atoms with Crippen molar-refractivity contribution in [2.45, 2.75) is 39.5 Å². The third kappa shape index (κ3) is 10.8. The number of hydrogen-bond donors (Lipinski definition) is 0. The van der Waals surface area contributed by atoms with Gasteiger partial charge in [-0.1, -0.05) is 26.7 Å². The summed E-state index contributed by atoms with van der Waals surface area (Å²) in [5.41, 5.74) is 0. The van der Waals surface area contributed by atoms with E-state index < -0.39 is 7.82 Å². The fourth-order valence-corrected chi connectivity index (χ4v) is 1.46. The third-order valence-corrected chi connectivity index (χ3v) is 2.49. The van der Waals surface area contributed by atoms with Crippen LogP contribution in [-0.4, -0.2) is 13.2 Å². The molecule has 0 bridgehead atoms. The molecule has 0 saturated carbocycles. The topological polar surface area (TPSA) is 58.6 Å². The zero-order valence-electron chi connectivity index (χ0n) is 9.03. The molecule has 14 heavy (non-hydrogen) atoms. The van der Waals surface area contributed by atoms with Crippen LogP contribution in [0.3, 0.4) is 0 Å². The van der Waals surface area contributed by atoms with Gasteiger partial charge in [0.15, 0.2) is 0 Å². The summed E-state index contributed by atoms with van der Waals surface area (Å²) in [6.07, 6.45) is 3.30. The quantitative estimate of drug-likeness (QED) is 0.386. The monoisotopic (exact) mass is 273 g/mol. The van der Waals surface area contributed by atoms with Crippen LogP contribution in [-0.2, 0) is 33.1 Å². The Hall–Kier alpha value is 0.733. The molecule has 0 amide bonds.